The van der Waals surface area contributed by atoms with E-state index in [9.17, 15) is 4.79 Å². The molecule has 0 atom stereocenters. The van der Waals surface area contributed by atoms with Gasteiger partial charge in [-0.3, -0.25) is 4.79 Å². The average Bonchev–Trinajstić information content (AvgIpc) is 2.58. The van der Waals surface area contributed by atoms with Crippen LogP contribution in [0.25, 0.3) is 0 Å². The second kappa shape index (κ2) is 6.93. The van der Waals surface area contributed by atoms with Crippen LogP contribution in [-0.2, 0) is 4.79 Å². The Balaban J connectivity index is 0.000000671. The van der Waals surface area contributed by atoms with Gasteiger partial charge in [0.25, 0.3) is 0 Å². The van der Waals surface area contributed by atoms with Crippen LogP contribution < -0.4 is 0 Å². The Morgan fingerprint density at radius 2 is 1.69 bits per heavy atom. The van der Waals surface area contributed by atoms with Crippen molar-refractivity contribution in [3.63, 3.8) is 0 Å². The molecule has 0 unspecified atom stereocenters. The summed E-state index contributed by atoms with van der Waals surface area (Å²) < 4.78 is 0. The summed E-state index contributed by atoms with van der Waals surface area (Å²) in [4.78, 5) is 13.4. The molecule has 0 aliphatic carbocycles. The quantitative estimate of drug-likeness (QED) is 0.647. The van der Waals surface area contributed by atoms with Gasteiger partial charge in [0.15, 0.2) is 0 Å². The minimum absolute atomic E-state index is 0.345. The molecule has 0 N–H and O–H groups in total. The average molecular weight is 185 g/mol. The van der Waals surface area contributed by atoms with Gasteiger partial charge in [-0.2, -0.15) is 0 Å². The Morgan fingerprint density at radius 3 is 2.08 bits per heavy atom. The standard InChI is InChI=1S/C9H17NO.C2H6/c1-8(2)7-9(11)10-5-3-4-6-10;1-2/h8H,3-7H2,1-2H3;1-2H3. The minimum atomic E-state index is 0.345. The fraction of sp³-hybridized carbons (Fsp3) is 0.909. The summed E-state index contributed by atoms with van der Waals surface area (Å²) in [6, 6.07) is 0. The minimum Gasteiger partial charge on any atom is -0.343 e. The largest absolute Gasteiger partial charge is 0.343 e. The van der Waals surface area contributed by atoms with E-state index in [1.165, 1.54) is 12.8 Å². The zero-order valence-corrected chi connectivity index (χ0v) is 9.47. The molecular formula is C11H23NO. The predicted molar refractivity (Wildman–Crippen MR) is 56.6 cm³/mol. The number of rotatable bonds is 2. The monoisotopic (exact) mass is 185 g/mol. The van der Waals surface area contributed by atoms with Crippen LogP contribution in [0.2, 0.25) is 0 Å². The van der Waals surface area contributed by atoms with E-state index < -0.39 is 0 Å². The summed E-state index contributed by atoms with van der Waals surface area (Å²) in [5.41, 5.74) is 0. The number of carbonyl (C=O) groups is 1. The highest BCUT2D eigenvalue weighted by molar-refractivity contribution is 5.76. The molecule has 78 valence electrons. The van der Waals surface area contributed by atoms with Gasteiger partial charge in [-0.15, -0.1) is 0 Å². The number of hydrogen-bond donors (Lipinski definition) is 0. The van der Waals surface area contributed by atoms with Crippen molar-refractivity contribution in [2.45, 2.75) is 47.0 Å². The second-order valence-electron chi connectivity index (χ2n) is 3.69. The molecule has 1 amide bonds. The van der Waals surface area contributed by atoms with Crippen molar-refractivity contribution >= 4 is 5.91 Å². The maximum Gasteiger partial charge on any atom is 0.222 e. The Bertz CT molecular complexity index is 137. The third kappa shape index (κ3) is 4.91. The first kappa shape index (κ1) is 12.5. The van der Waals surface area contributed by atoms with Crippen LogP contribution in [0.15, 0.2) is 0 Å². The van der Waals surface area contributed by atoms with Gasteiger partial charge in [0.05, 0.1) is 0 Å². The van der Waals surface area contributed by atoms with Crippen molar-refractivity contribution < 1.29 is 4.79 Å². The maximum atomic E-state index is 11.4. The van der Waals surface area contributed by atoms with Gasteiger partial charge in [-0.05, 0) is 18.8 Å². The van der Waals surface area contributed by atoms with Crippen molar-refractivity contribution in [3.05, 3.63) is 0 Å². The van der Waals surface area contributed by atoms with E-state index in [-0.39, 0.29) is 0 Å². The van der Waals surface area contributed by atoms with E-state index in [1.807, 2.05) is 18.7 Å². The van der Waals surface area contributed by atoms with E-state index in [0.29, 0.717) is 11.8 Å². The van der Waals surface area contributed by atoms with Gasteiger partial charge in [0.1, 0.15) is 0 Å². The lowest BCUT2D eigenvalue weighted by Gasteiger charge is -2.16. The summed E-state index contributed by atoms with van der Waals surface area (Å²) in [7, 11) is 0. The topological polar surface area (TPSA) is 20.3 Å². The highest BCUT2D eigenvalue weighted by Crippen LogP contribution is 2.11. The molecule has 0 aromatic heterocycles. The highest BCUT2D eigenvalue weighted by atomic mass is 16.2. The van der Waals surface area contributed by atoms with E-state index >= 15 is 0 Å². The predicted octanol–water partition coefficient (Wildman–Crippen LogP) is 2.68. The van der Waals surface area contributed by atoms with Gasteiger partial charge in [-0.25, -0.2) is 0 Å². The molecule has 0 aromatic rings. The Kier molecular flexibility index (Phi) is 6.65. The molecule has 13 heavy (non-hydrogen) atoms. The first-order chi connectivity index (χ1) is 6.20. The van der Waals surface area contributed by atoms with Crippen LogP contribution in [-0.4, -0.2) is 23.9 Å². The lowest BCUT2D eigenvalue weighted by molar-refractivity contribution is -0.130. The second-order valence-corrected chi connectivity index (χ2v) is 3.69. The molecule has 1 fully saturated rings. The van der Waals surface area contributed by atoms with E-state index in [0.717, 1.165) is 19.5 Å². The molecule has 1 heterocycles. The zero-order valence-electron chi connectivity index (χ0n) is 9.47. The van der Waals surface area contributed by atoms with E-state index in [1.54, 1.807) is 0 Å². The molecule has 0 saturated carbocycles. The lowest BCUT2D eigenvalue weighted by atomic mass is 10.1. The first-order valence-electron chi connectivity index (χ1n) is 5.48. The van der Waals surface area contributed by atoms with Crippen molar-refractivity contribution in [1.82, 2.24) is 4.90 Å². The van der Waals surface area contributed by atoms with Gasteiger partial charge in [0.2, 0.25) is 5.91 Å². The normalized spacial score (nSPS) is 15.6. The SMILES string of the molecule is CC.CC(C)CC(=O)N1CCCC1. The van der Waals surface area contributed by atoms with Gasteiger partial charge >= 0.3 is 0 Å². The molecular weight excluding hydrogens is 162 g/mol. The summed E-state index contributed by atoms with van der Waals surface area (Å²) in [6.07, 6.45) is 3.12. The maximum absolute atomic E-state index is 11.4. The summed E-state index contributed by atoms with van der Waals surface area (Å²) >= 11 is 0. The summed E-state index contributed by atoms with van der Waals surface area (Å²) in [6.45, 7) is 10.2. The summed E-state index contributed by atoms with van der Waals surface area (Å²) in [5.74, 6) is 0.848. The zero-order chi connectivity index (χ0) is 10.3. The van der Waals surface area contributed by atoms with Crippen LogP contribution in [0, 0.1) is 5.92 Å². The highest BCUT2D eigenvalue weighted by Gasteiger charge is 2.17. The molecule has 0 aromatic carbocycles. The van der Waals surface area contributed by atoms with Crippen LogP contribution in [0.1, 0.15) is 47.0 Å². The van der Waals surface area contributed by atoms with Gasteiger partial charge in [-0.1, -0.05) is 27.7 Å². The molecule has 2 nitrogen and oxygen atoms in total. The lowest BCUT2D eigenvalue weighted by Crippen LogP contribution is -2.28. The molecule has 1 saturated heterocycles. The van der Waals surface area contributed by atoms with E-state index in [4.69, 9.17) is 0 Å². The number of amides is 1. The smallest absolute Gasteiger partial charge is 0.222 e. The Hall–Kier alpha value is -0.530. The fourth-order valence-electron chi connectivity index (χ4n) is 1.44. The molecule has 0 spiro atoms. The molecule has 0 radical (unpaired) electrons. The van der Waals surface area contributed by atoms with Crippen molar-refractivity contribution in [2.75, 3.05) is 13.1 Å². The van der Waals surface area contributed by atoms with Crippen LogP contribution in [0.4, 0.5) is 0 Å². The number of nitrogens with zero attached hydrogens (tertiary/aromatic N) is 1. The van der Waals surface area contributed by atoms with Crippen LogP contribution >= 0.6 is 0 Å². The van der Waals surface area contributed by atoms with Crippen molar-refractivity contribution in [1.29, 1.82) is 0 Å². The number of carbonyl (C=O) groups excluding carboxylic acids is 1. The van der Waals surface area contributed by atoms with Crippen LogP contribution in [0.5, 0.6) is 0 Å². The third-order valence-electron chi connectivity index (χ3n) is 2.04. The Labute approximate surface area is 82.3 Å². The first-order valence-corrected chi connectivity index (χ1v) is 5.48. The molecule has 2 heteroatoms. The molecule has 1 rings (SSSR count). The summed E-state index contributed by atoms with van der Waals surface area (Å²) in [5, 5.41) is 0. The Morgan fingerprint density at radius 1 is 1.23 bits per heavy atom. The molecule has 0 bridgehead atoms. The van der Waals surface area contributed by atoms with Gasteiger partial charge < -0.3 is 4.90 Å². The van der Waals surface area contributed by atoms with Gasteiger partial charge in [0, 0.05) is 19.5 Å². The number of hydrogen-bond acceptors (Lipinski definition) is 1. The third-order valence-corrected chi connectivity index (χ3v) is 2.04. The fourth-order valence-corrected chi connectivity index (χ4v) is 1.44. The molecule has 1 aliphatic rings. The van der Waals surface area contributed by atoms with Crippen molar-refractivity contribution in [2.24, 2.45) is 5.92 Å². The van der Waals surface area contributed by atoms with E-state index in [2.05, 4.69) is 13.8 Å². The number of likely N-dealkylation sites (tertiary alicyclic amines) is 1. The molecule has 1 aliphatic heterocycles. The van der Waals surface area contributed by atoms with Crippen LogP contribution in [0.3, 0.4) is 0 Å². The van der Waals surface area contributed by atoms with Crippen molar-refractivity contribution in [3.8, 4) is 0 Å².